The molecule has 0 bridgehead atoms. The minimum absolute atomic E-state index is 0. The summed E-state index contributed by atoms with van der Waals surface area (Å²) in [4.78, 5) is 12.1. The highest BCUT2D eigenvalue weighted by atomic mass is 32.2. The number of amides is 1. The van der Waals surface area contributed by atoms with Crippen LogP contribution in [0.1, 0.15) is 21.7 Å². The van der Waals surface area contributed by atoms with Crippen LogP contribution in [0.15, 0.2) is 29.2 Å². The Morgan fingerprint density at radius 1 is 1.43 bits per heavy atom. The van der Waals surface area contributed by atoms with Crippen LogP contribution < -0.4 is 5.32 Å². The van der Waals surface area contributed by atoms with Gasteiger partial charge in [-0.25, -0.2) is 0 Å². The summed E-state index contributed by atoms with van der Waals surface area (Å²) >= 11 is 1.58. The van der Waals surface area contributed by atoms with Crippen molar-refractivity contribution in [3.63, 3.8) is 0 Å². The highest BCUT2D eigenvalue weighted by Crippen LogP contribution is 2.30. The molecule has 0 saturated heterocycles. The molecule has 1 aromatic rings. The van der Waals surface area contributed by atoms with Gasteiger partial charge in [0, 0.05) is 6.32 Å². The molecule has 0 aromatic heterocycles. The predicted octanol–water partition coefficient (Wildman–Crippen LogP) is 3.39. The van der Waals surface area contributed by atoms with Gasteiger partial charge in [0.1, 0.15) is 0 Å². The molecule has 1 heterocycles. The molecule has 1 amide bonds. The van der Waals surface area contributed by atoms with E-state index >= 15 is 0 Å². The third-order valence-electron chi connectivity index (χ3n) is 1.52. The van der Waals surface area contributed by atoms with E-state index < -0.39 is 0 Å². The minimum Gasteiger partial charge on any atom is -0.324 e. The average Bonchev–Trinajstić information content (AvgIpc) is 2.19. The van der Waals surface area contributed by atoms with Crippen LogP contribution in [0.4, 0.5) is 5.69 Å². The van der Waals surface area contributed by atoms with Gasteiger partial charge in [-0.1, -0.05) is 32.4 Å². The first-order valence-electron chi connectivity index (χ1n) is 4.79. The lowest BCUT2D eigenvalue weighted by Gasteiger charge is -2.14. The SMILES string of the molecule is CCC.O=C1CSc2ccccc2N1.[HH]. The fourth-order valence-electron chi connectivity index (χ4n) is 1.03. The van der Waals surface area contributed by atoms with E-state index in [1.54, 1.807) is 11.8 Å². The lowest BCUT2D eigenvalue weighted by molar-refractivity contribution is -0.113. The molecule has 14 heavy (non-hydrogen) atoms. The van der Waals surface area contributed by atoms with Gasteiger partial charge in [0.15, 0.2) is 0 Å². The van der Waals surface area contributed by atoms with Crippen LogP contribution >= 0.6 is 11.8 Å². The minimum atomic E-state index is 0. The fraction of sp³-hybridized carbons (Fsp3) is 0.364. The number of hydrogen-bond donors (Lipinski definition) is 1. The number of carbonyl (C=O) groups is 1. The third-order valence-corrected chi connectivity index (χ3v) is 2.59. The van der Waals surface area contributed by atoms with Crippen LogP contribution in [-0.4, -0.2) is 11.7 Å². The Balaban J connectivity index is 0.000000443. The molecular formula is C11H17NOS. The monoisotopic (exact) mass is 211 g/mol. The van der Waals surface area contributed by atoms with E-state index in [0.717, 1.165) is 10.6 Å². The molecule has 0 spiro atoms. The number of rotatable bonds is 0. The molecule has 1 N–H and O–H groups in total. The first-order chi connectivity index (χ1) is 6.77. The molecule has 2 rings (SSSR count). The Labute approximate surface area is 90.6 Å². The summed E-state index contributed by atoms with van der Waals surface area (Å²) in [6, 6.07) is 7.83. The fourth-order valence-corrected chi connectivity index (χ4v) is 1.83. The number of fused-ring (bicyclic) bond motifs is 1. The second-order valence-electron chi connectivity index (χ2n) is 3.04. The zero-order chi connectivity index (χ0) is 10.4. The second kappa shape index (κ2) is 5.70. The summed E-state index contributed by atoms with van der Waals surface area (Å²) in [5.41, 5.74) is 0.939. The summed E-state index contributed by atoms with van der Waals surface area (Å²) in [6.45, 7) is 4.25. The molecular weight excluding hydrogens is 194 g/mol. The van der Waals surface area contributed by atoms with Crippen LogP contribution in [0.2, 0.25) is 0 Å². The molecule has 0 saturated carbocycles. The highest BCUT2D eigenvalue weighted by molar-refractivity contribution is 8.00. The van der Waals surface area contributed by atoms with Gasteiger partial charge >= 0.3 is 0 Å². The Morgan fingerprint density at radius 2 is 2.07 bits per heavy atom. The quantitative estimate of drug-likeness (QED) is 0.712. The van der Waals surface area contributed by atoms with Crippen molar-refractivity contribution in [2.75, 3.05) is 11.1 Å². The zero-order valence-electron chi connectivity index (χ0n) is 8.54. The maximum atomic E-state index is 10.9. The molecule has 0 unspecified atom stereocenters. The molecule has 1 aliphatic heterocycles. The summed E-state index contributed by atoms with van der Waals surface area (Å²) in [5, 5.41) is 2.80. The number of thioether (sulfide) groups is 1. The maximum absolute atomic E-state index is 10.9. The van der Waals surface area contributed by atoms with Crippen molar-refractivity contribution in [1.29, 1.82) is 0 Å². The van der Waals surface area contributed by atoms with Gasteiger partial charge in [-0.15, -0.1) is 11.8 Å². The van der Waals surface area contributed by atoms with E-state index in [2.05, 4.69) is 19.2 Å². The molecule has 78 valence electrons. The van der Waals surface area contributed by atoms with Gasteiger partial charge in [-0.05, 0) is 12.1 Å². The van der Waals surface area contributed by atoms with Crippen molar-refractivity contribution in [3.8, 4) is 0 Å². The summed E-state index contributed by atoms with van der Waals surface area (Å²) < 4.78 is 0. The highest BCUT2D eigenvalue weighted by Gasteiger charge is 2.13. The normalized spacial score (nSPS) is 13.4. The van der Waals surface area contributed by atoms with E-state index in [-0.39, 0.29) is 7.33 Å². The number of carbonyl (C=O) groups excluding carboxylic acids is 1. The molecule has 1 aliphatic rings. The van der Waals surface area contributed by atoms with Gasteiger partial charge in [0.2, 0.25) is 5.91 Å². The lowest BCUT2D eigenvalue weighted by atomic mass is 10.3. The number of hydrogen-bond acceptors (Lipinski definition) is 2. The van der Waals surface area contributed by atoms with Gasteiger partial charge in [0.25, 0.3) is 0 Å². The number of anilines is 1. The maximum Gasteiger partial charge on any atom is 0.234 e. The van der Waals surface area contributed by atoms with E-state index in [1.807, 2.05) is 24.3 Å². The van der Waals surface area contributed by atoms with Crippen molar-refractivity contribution in [2.45, 2.75) is 25.2 Å². The van der Waals surface area contributed by atoms with Gasteiger partial charge < -0.3 is 5.32 Å². The molecule has 1 aromatic carbocycles. The second-order valence-corrected chi connectivity index (χ2v) is 4.06. The van der Waals surface area contributed by atoms with Gasteiger partial charge in [-0.3, -0.25) is 4.79 Å². The van der Waals surface area contributed by atoms with E-state index in [0.29, 0.717) is 5.75 Å². The van der Waals surface area contributed by atoms with E-state index in [9.17, 15) is 4.79 Å². The van der Waals surface area contributed by atoms with Crippen LogP contribution in [0.5, 0.6) is 0 Å². The van der Waals surface area contributed by atoms with Gasteiger partial charge in [0.05, 0.1) is 11.4 Å². The van der Waals surface area contributed by atoms with E-state index in [1.165, 1.54) is 6.42 Å². The Hall–Kier alpha value is -0.960. The molecule has 0 fully saturated rings. The zero-order valence-corrected chi connectivity index (χ0v) is 9.36. The summed E-state index contributed by atoms with van der Waals surface area (Å²) in [5.74, 6) is 0.630. The smallest absolute Gasteiger partial charge is 0.234 e. The first kappa shape index (κ1) is 11.1. The van der Waals surface area contributed by atoms with Crippen molar-refractivity contribution < 1.29 is 6.22 Å². The predicted molar refractivity (Wildman–Crippen MR) is 63.9 cm³/mol. The van der Waals surface area contributed by atoms with Crippen LogP contribution in [-0.2, 0) is 4.79 Å². The Kier molecular flexibility index (Phi) is 4.53. The molecule has 3 heteroatoms. The molecule has 0 aliphatic carbocycles. The van der Waals surface area contributed by atoms with Crippen LogP contribution in [0.25, 0.3) is 0 Å². The summed E-state index contributed by atoms with van der Waals surface area (Å²) in [6.07, 6.45) is 1.25. The third kappa shape index (κ3) is 3.07. The topological polar surface area (TPSA) is 29.1 Å². The van der Waals surface area contributed by atoms with Gasteiger partial charge in [-0.2, -0.15) is 0 Å². The molecule has 0 atom stereocenters. The number of para-hydroxylation sites is 1. The Bertz CT molecular complexity index is 317. The number of benzene rings is 1. The molecule has 2 nitrogen and oxygen atoms in total. The first-order valence-corrected chi connectivity index (χ1v) is 5.78. The largest absolute Gasteiger partial charge is 0.324 e. The van der Waals surface area contributed by atoms with E-state index in [4.69, 9.17) is 0 Å². The van der Waals surface area contributed by atoms with Crippen LogP contribution in [0, 0.1) is 0 Å². The Morgan fingerprint density at radius 3 is 2.79 bits per heavy atom. The van der Waals surface area contributed by atoms with Crippen molar-refractivity contribution >= 4 is 23.4 Å². The van der Waals surface area contributed by atoms with Crippen molar-refractivity contribution in [1.82, 2.24) is 0 Å². The van der Waals surface area contributed by atoms with Crippen molar-refractivity contribution in [3.05, 3.63) is 24.3 Å². The summed E-state index contributed by atoms with van der Waals surface area (Å²) in [7, 11) is 0. The standard InChI is InChI=1S/C8H7NOS.C3H8.H2/c10-8-5-11-7-4-2-1-3-6(7)9-8;1-3-2;/h1-4H,5H2,(H,9,10);3H2,1-2H3;1H. The molecule has 0 radical (unpaired) electrons. The van der Waals surface area contributed by atoms with Crippen molar-refractivity contribution in [2.24, 2.45) is 0 Å². The number of nitrogens with one attached hydrogen (secondary N) is 1. The average molecular weight is 211 g/mol. The lowest BCUT2D eigenvalue weighted by Crippen LogP contribution is -2.18. The van der Waals surface area contributed by atoms with Crippen LogP contribution in [0.3, 0.4) is 0 Å².